The maximum atomic E-state index is 12.1. The van der Waals surface area contributed by atoms with Crippen molar-refractivity contribution < 1.29 is 18.7 Å². The summed E-state index contributed by atoms with van der Waals surface area (Å²) in [6.45, 7) is 0.672. The van der Waals surface area contributed by atoms with E-state index in [1.165, 1.54) is 0 Å². The number of carbonyl (C=O) groups is 1. The molecule has 0 saturated carbocycles. The van der Waals surface area contributed by atoms with Crippen molar-refractivity contribution in [3.05, 3.63) is 0 Å². The number of hydrogen-bond donors (Lipinski definition) is 2. The number of amides is 1. The van der Waals surface area contributed by atoms with Crippen LogP contribution in [0.5, 0.6) is 0 Å². The zero-order chi connectivity index (χ0) is 11.3. The molecule has 0 aromatic rings. The van der Waals surface area contributed by atoms with Gasteiger partial charge in [-0.25, -0.2) is 8.78 Å². The smallest absolute Gasteiger partial charge is 0.255 e. The number of carbonyl (C=O) groups excluding carboxylic acids is 1. The molecule has 1 rings (SSSR count). The Bertz CT molecular complexity index is 210. The second-order valence-electron chi connectivity index (χ2n) is 3.68. The Hall–Kier alpha value is -0.750. The van der Waals surface area contributed by atoms with Gasteiger partial charge in [0.25, 0.3) is 6.43 Å². The predicted molar refractivity (Wildman–Crippen MR) is 50.6 cm³/mol. The molecule has 0 aromatic carbocycles. The molecule has 0 atom stereocenters. The molecule has 0 aromatic heterocycles. The van der Waals surface area contributed by atoms with Crippen molar-refractivity contribution >= 4 is 5.91 Å². The topological polar surface area (TPSA) is 52.6 Å². The van der Waals surface area contributed by atoms with Crippen molar-refractivity contribution in [3.8, 4) is 0 Å². The van der Waals surface area contributed by atoms with E-state index >= 15 is 0 Å². The lowest BCUT2D eigenvalue weighted by atomic mass is 9.99. The van der Waals surface area contributed by atoms with Crippen LogP contribution in [0.25, 0.3) is 0 Å². The number of aliphatic hydroxyl groups is 1. The van der Waals surface area contributed by atoms with Gasteiger partial charge in [0.05, 0.1) is 13.2 Å². The SMILES string of the molecule is O=C(CC1CNC1)N(CCO)CC(F)F. The second kappa shape index (κ2) is 5.97. The number of hydrogen-bond acceptors (Lipinski definition) is 3. The molecule has 0 aliphatic carbocycles. The molecule has 1 saturated heterocycles. The number of nitrogens with one attached hydrogen (secondary N) is 1. The molecule has 1 aliphatic rings. The van der Waals surface area contributed by atoms with E-state index in [-0.39, 0.29) is 25.0 Å². The Balaban J connectivity index is 2.34. The van der Waals surface area contributed by atoms with Crippen LogP contribution in [0.15, 0.2) is 0 Å². The van der Waals surface area contributed by atoms with E-state index < -0.39 is 13.0 Å². The summed E-state index contributed by atoms with van der Waals surface area (Å²) in [5.74, 6) is -0.0350. The van der Waals surface area contributed by atoms with Gasteiger partial charge < -0.3 is 15.3 Å². The molecule has 0 radical (unpaired) electrons. The maximum absolute atomic E-state index is 12.1. The highest BCUT2D eigenvalue weighted by molar-refractivity contribution is 5.76. The lowest BCUT2D eigenvalue weighted by molar-refractivity contribution is -0.135. The first-order valence-electron chi connectivity index (χ1n) is 5.01. The van der Waals surface area contributed by atoms with E-state index in [0.29, 0.717) is 6.42 Å². The van der Waals surface area contributed by atoms with Crippen LogP contribution in [0.2, 0.25) is 0 Å². The van der Waals surface area contributed by atoms with Gasteiger partial charge in [-0.2, -0.15) is 0 Å². The fourth-order valence-electron chi connectivity index (χ4n) is 1.47. The van der Waals surface area contributed by atoms with Gasteiger partial charge in [0, 0.05) is 13.0 Å². The maximum Gasteiger partial charge on any atom is 0.255 e. The van der Waals surface area contributed by atoms with E-state index in [1.54, 1.807) is 0 Å². The molecule has 1 fully saturated rings. The molecule has 1 heterocycles. The molecule has 0 unspecified atom stereocenters. The van der Waals surface area contributed by atoms with Crippen LogP contribution >= 0.6 is 0 Å². The standard InChI is InChI=1S/C9H16F2N2O2/c10-8(11)6-13(1-2-14)9(15)3-7-4-12-5-7/h7-8,12,14H,1-6H2. The third kappa shape index (κ3) is 4.09. The van der Waals surface area contributed by atoms with Gasteiger partial charge in [-0.1, -0.05) is 0 Å². The number of rotatable bonds is 6. The number of aliphatic hydroxyl groups excluding tert-OH is 1. The first kappa shape index (κ1) is 12.3. The highest BCUT2D eigenvalue weighted by atomic mass is 19.3. The highest BCUT2D eigenvalue weighted by Gasteiger charge is 2.24. The second-order valence-corrected chi connectivity index (χ2v) is 3.68. The van der Waals surface area contributed by atoms with Crippen LogP contribution < -0.4 is 5.32 Å². The summed E-state index contributed by atoms with van der Waals surface area (Å²) in [6, 6.07) is 0. The first-order chi connectivity index (χ1) is 7.13. The summed E-state index contributed by atoms with van der Waals surface area (Å²) in [5.41, 5.74) is 0. The summed E-state index contributed by atoms with van der Waals surface area (Å²) >= 11 is 0. The lowest BCUT2D eigenvalue weighted by Gasteiger charge is -2.29. The number of alkyl halides is 2. The van der Waals surface area contributed by atoms with Gasteiger partial charge in [-0.15, -0.1) is 0 Å². The van der Waals surface area contributed by atoms with Crippen LogP contribution in [-0.2, 0) is 4.79 Å². The lowest BCUT2D eigenvalue weighted by Crippen LogP contribution is -2.46. The molecule has 0 bridgehead atoms. The number of nitrogens with zero attached hydrogens (tertiary/aromatic N) is 1. The largest absolute Gasteiger partial charge is 0.395 e. The molecule has 1 aliphatic heterocycles. The van der Waals surface area contributed by atoms with E-state index in [4.69, 9.17) is 5.11 Å². The molecule has 4 nitrogen and oxygen atoms in total. The van der Waals surface area contributed by atoms with Gasteiger partial charge in [0.1, 0.15) is 0 Å². The minimum absolute atomic E-state index is 0.0106. The van der Waals surface area contributed by atoms with Crippen LogP contribution in [0.4, 0.5) is 8.78 Å². The molecule has 1 amide bonds. The van der Waals surface area contributed by atoms with Crippen LogP contribution in [-0.4, -0.2) is 55.1 Å². The van der Waals surface area contributed by atoms with Crippen LogP contribution in [0, 0.1) is 5.92 Å². The minimum Gasteiger partial charge on any atom is -0.395 e. The quantitative estimate of drug-likeness (QED) is 0.647. The normalized spacial score (nSPS) is 16.5. The Kier molecular flexibility index (Phi) is 4.90. The van der Waals surface area contributed by atoms with E-state index in [0.717, 1.165) is 18.0 Å². The summed E-state index contributed by atoms with van der Waals surface area (Å²) in [5, 5.41) is 11.7. The molecular formula is C9H16F2N2O2. The number of halogens is 2. The Labute approximate surface area is 87.2 Å². The van der Waals surface area contributed by atoms with Gasteiger partial charge in [-0.3, -0.25) is 4.79 Å². The Morgan fingerprint density at radius 2 is 2.20 bits per heavy atom. The summed E-state index contributed by atoms with van der Waals surface area (Å²) in [6.07, 6.45) is -2.25. The molecule has 88 valence electrons. The molecular weight excluding hydrogens is 206 g/mol. The molecule has 6 heteroatoms. The van der Waals surface area contributed by atoms with Crippen LogP contribution in [0.1, 0.15) is 6.42 Å². The summed E-state index contributed by atoms with van der Waals surface area (Å²) < 4.78 is 24.2. The van der Waals surface area contributed by atoms with E-state index in [2.05, 4.69) is 5.32 Å². The average molecular weight is 222 g/mol. The van der Waals surface area contributed by atoms with Crippen molar-refractivity contribution in [1.82, 2.24) is 10.2 Å². The molecule has 0 spiro atoms. The molecule has 2 N–H and O–H groups in total. The minimum atomic E-state index is -2.54. The zero-order valence-corrected chi connectivity index (χ0v) is 8.46. The van der Waals surface area contributed by atoms with Gasteiger partial charge >= 0.3 is 0 Å². The van der Waals surface area contributed by atoms with Crippen LogP contribution in [0.3, 0.4) is 0 Å². The first-order valence-corrected chi connectivity index (χ1v) is 5.01. The Morgan fingerprint density at radius 3 is 2.60 bits per heavy atom. The third-order valence-corrected chi connectivity index (χ3v) is 2.41. The van der Waals surface area contributed by atoms with Gasteiger partial charge in [0.15, 0.2) is 0 Å². The monoisotopic (exact) mass is 222 g/mol. The average Bonchev–Trinajstić information content (AvgIpc) is 2.09. The summed E-state index contributed by atoms with van der Waals surface area (Å²) in [7, 11) is 0. The van der Waals surface area contributed by atoms with Crippen molar-refractivity contribution in [1.29, 1.82) is 0 Å². The molecule has 15 heavy (non-hydrogen) atoms. The van der Waals surface area contributed by atoms with Crippen molar-refractivity contribution in [2.75, 3.05) is 32.8 Å². The van der Waals surface area contributed by atoms with E-state index in [1.807, 2.05) is 0 Å². The zero-order valence-electron chi connectivity index (χ0n) is 8.46. The van der Waals surface area contributed by atoms with Crippen molar-refractivity contribution in [2.24, 2.45) is 5.92 Å². The van der Waals surface area contributed by atoms with E-state index in [9.17, 15) is 13.6 Å². The van der Waals surface area contributed by atoms with Crippen molar-refractivity contribution in [2.45, 2.75) is 12.8 Å². The third-order valence-electron chi connectivity index (χ3n) is 2.41. The van der Waals surface area contributed by atoms with Gasteiger partial charge in [0.2, 0.25) is 5.91 Å². The fraction of sp³-hybridized carbons (Fsp3) is 0.889. The Morgan fingerprint density at radius 1 is 1.53 bits per heavy atom. The predicted octanol–water partition coefficient (Wildman–Crippen LogP) is -0.318. The highest BCUT2D eigenvalue weighted by Crippen LogP contribution is 2.11. The summed E-state index contributed by atoms with van der Waals surface area (Å²) in [4.78, 5) is 12.6. The fourth-order valence-corrected chi connectivity index (χ4v) is 1.47. The van der Waals surface area contributed by atoms with Gasteiger partial charge in [-0.05, 0) is 19.0 Å². The van der Waals surface area contributed by atoms with Crippen molar-refractivity contribution in [3.63, 3.8) is 0 Å².